The van der Waals surface area contributed by atoms with Crippen LogP contribution >= 0.6 is 0 Å². The lowest BCUT2D eigenvalue weighted by molar-refractivity contribution is 0.102. The smallest absolute Gasteiger partial charge is 0.257 e. The molecule has 156 valence electrons. The van der Waals surface area contributed by atoms with E-state index in [1.807, 2.05) is 29.3 Å². The van der Waals surface area contributed by atoms with Crippen LogP contribution in [0, 0.1) is 0 Å². The van der Waals surface area contributed by atoms with E-state index >= 15 is 0 Å². The van der Waals surface area contributed by atoms with Crippen LogP contribution in [0.25, 0.3) is 22.0 Å². The van der Waals surface area contributed by atoms with E-state index < -0.39 is 6.98 Å². The van der Waals surface area contributed by atoms with E-state index in [1.165, 1.54) is 4.90 Å². The summed E-state index contributed by atoms with van der Waals surface area (Å²) in [6.07, 6.45) is 5.12. The van der Waals surface area contributed by atoms with Crippen LogP contribution in [0.5, 0.6) is 0 Å². The first-order valence-corrected chi connectivity index (χ1v) is 9.91. The van der Waals surface area contributed by atoms with Crippen molar-refractivity contribution in [3.8, 4) is 11.1 Å². The zero-order chi connectivity index (χ0) is 23.7. The molecule has 0 atom stereocenters. The number of nitrogens with zero attached hydrogens (tertiary/aromatic N) is 6. The molecule has 4 heterocycles. The lowest BCUT2D eigenvalue weighted by Crippen LogP contribution is -2.44. The number of carbonyl (C=O) groups excluding carboxylic acids is 1. The van der Waals surface area contributed by atoms with E-state index in [0.29, 0.717) is 48.9 Å². The van der Waals surface area contributed by atoms with E-state index in [1.54, 1.807) is 30.6 Å². The zero-order valence-corrected chi connectivity index (χ0v) is 16.6. The highest BCUT2D eigenvalue weighted by Crippen LogP contribution is 2.24. The van der Waals surface area contributed by atoms with Gasteiger partial charge in [-0.25, -0.2) is 4.98 Å². The monoisotopic (exact) mass is 417 g/mol. The summed E-state index contributed by atoms with van der Waals surface area (Å²) in [5.41, 5.74) is 3.07. The molecular weight excluding hydrogens is 392 g/mol. The number of H-pyrrole nitrogens is 1. The summed E-state index contributed by atoms with van der Waals surface area (Å²) in [7, 11) is 0. The lowest BCUT2D eigenvalue weighted by atomic mass is 10.1. The Labute approximate surface area is 183 Å². The molecule has 1 aromatic carbocycles. The van der Waals surface area contributed by atoms with Crippen molar-refractivity contribution in [1.82, 2.24) is 30.3 Å². The Morgan fingerprint density at radius 1 is 1.10 bits per heavy atom. The van der Waals surface area contributed by atoms with Crippen LogP contribution in [-0.4, -0.2) is 69.3 Å². The summed E-state index contributed by atoms with van der Waals surface area (Å²) in [6, 6.07) is 10.9. The number of aromatic amines is 1. The van der Waals surface area contributed by atoms with Crippen molar-refractivity contribution >= 4 is 28.4 Å². The van der Waals surface area contributed by atoms with Gasteiger partial charge in [-0.05, 0) is 42.9 Å². The van der Waals surface area contributed by atoms with Crippen molar-refractivity contribution < 1.29 is 8.91 Å². The number of benzene rings is 1. The molecule has 0 unspecified atom stereocenters. The van der Waals surface area contributed by atoms with Gasteiger partial charge in [0.05, 0.1) is 11.7 Å². The third-order valence-corrected chi connectivity index (χ3v) is 5.27. The predicted octanol–water partition coefficient (Wildman–Crippen LogP) is 2.42. The van der Waals surface area contributed by atoms with Crippen molar-refractivity contribution in [3.05, 3.63) is 60.6 Å². The van der Waals surface area contributed by atoms with Gasteiger partial charge in [-0.1, -0.05) is 6.07 Å². The van der Waals surface area contributed by atoms with E-state index in [0.717, 1.165) is 16.5 Å². The number of hydrogen-bond donors (Lipinski definition) is 2. The normalized spacial score (nSPS) is 16.5. The minimum Gasteiger partial charge on any atom is -0.354 e. The summed E-state index contributed by atoms with van der Waals surface area (Å²) in [5, 5.41) is 18.7. The van der Waals surface area contributed by atoms with Crippen LogP contribution in [0.4, 0.5) is 11.6 Å². The molecule has 4 aromatic rings. The minimum atomic E-state index is -2.10. The SMILES string of the molecule is [2H]C([2H])([2H])N1CCN(c2cc(C(=O)Nc3cc4cc(-c5cn[nH]c5)ccc4nn3)ccn2)CC1. The number of anilines is 2. The number of piperazine rings is 1. The van der Waals surface area contributed by atoms with Gasteiger partial charge in [0.1, 0.15) is 5.82 Å². The molecule has 1 aliphatic heterocycles. The Bertz CT molecular complexity index is 1320. The predicted molar refractivity (Wildman–Crippen MR) is 119 cm³/mol. The largest absolute Gasteiger partial charge is 0.354 e. The fourth-order valence-electron chi connectivity index (χ4n) is 3.55. The zero-order valence-electron chi connectivity index (χ0n) is 19.6. The molecule has 0 saturated carbocycles. The molecule has 1 saturated heterocycles. The van der Waals surface area contributed by atoms with Crippen LogP contribution in [-0.2, 0) is 0 Å². The first-order valence-electron chi connectivity index (χ1n) is 11.4. The molecule has 9 nitrogen and oxygen atoms in total. The molecule has 0 aliphatic carbocycles. The summed E-state index contributed by atoms with van der Waals surface area (Å²) >= 11 is 0. The first-order chi connectivity index (χ1) is 16.4. The molecule has 0 spiro atoms. The average Bonchev–Trinajstić information content (AvgIpc) is 3.38. The number of pyridine rings is 1. The number of hydrogen-bond acceptors (Lipinski definition) is 7. The van der Waals surface area contributed by atoms with Crippen molar-refractivity contribution in [2.75, 3.05) is 43.4 Å². The van der Waals surface area contributed by atoms with Crippen LogP contribution in [0.2, 0.25) is 0 Å². The maximum Gasteiger partial charge on any atom is 0.257 e. The van der Waals surface area contributed by atoms with Gasteiger partial charge in [-0.3, -0.25) is 9.89 Å². The number of aromatic nitrogens is 5. The molecule has 3 aromatic heterocycles. The van der Waals surface area contributed by atoms with Gasteiger partial charge in [0.2, 0.25) is 0 Å². The molecule has 1 aliphatic rings. The second-order valence-corrected chi connectivity index (χ2v) is 7.32. The topological polar surface area (TPSA) is 103 Å². The number of likely N-dealkylation sites (N-methyl/N-ethyl adjacent to an activating group) is 1. The number of carbonyl (C=O) groups is 1. The van der Waals surface area contributed by atoms with Crippen LogP contribution in [0.3, 0.4) is 0 Å². The van der Waals surface area contributed by atoms with E-state index in [2.05, 4.69) is 30.7 Å². The minimum absolute atomic E-state index is 0.329. The number of rotatable bonds is 4. The molecule has 0 radical (unpaired) electrons. The maximum atomic E-state index is 12.9. The van der Waals surface area contributed by atoms with Gasteiger partial charge in [0, 0.05) is 59.2 Å². The highest BCUT2D eigenvalue weighted by molar-refractivity contribution is 6.04. The molecule has 31 heavy (non-hydrogen) atoms. The van der Waals surface area contributed by atoms with Gasteiger partial charge < -0.3 is 15.1 Å². The van der Waals surface area contributed by atoms with Crippen molar-refractivity contribution in [3.63, 3.8) is 0 Å². The quantitative estimate of drug-likeness (QED) is 0.526. The van der Waals surface area contributed by atoms with Crippen molar-refractivity contribution in [1.29, 1.82) is 0 Å². The molecule has 5 rings (SSSR count). The highest BCUT2D eigenvalue weighted by Gasteiger charge is 2.17. The summed E-state index contributed by atoms with van der Waals surface area (Å²) in [4.78, 5) is 20.7. The van der Waals surface area contributed by atoms with E-state index in [-0.39, 0.29) is 5.91 Å². The third kappa shape index (κ3) is 4.08. The lowest BCUT2D eigenvalue weighted by Gasteiger charge is -2.33. The second kappa shape index (κ2) is 8.11. The fourth-order valence-corrected chi connectivity index (χ4v) is 3.55. The van der Waals surface area contributed by atoms with Crippen molar-refractivity contribution in [2.24, 2.45) is 0 Å². The third-order valence-electron chi connectivity index (χ3n) is 5.27. The molecule has 9 heteroatoms. The van der Waals surface area contributed by atoms with Gasteiger partial charge in [0.25, 0.3) is 5.91 Å². The van der Waals surface area contributed by atoms with Crippen LogP contribution in [0.1, 0.15) is 14.5 Å². The van der Waals surface area contributed by atoms with Gasteiger partial charge in [0.15, 0.2) is 5.82 Å². The molecule has 1 fully saturated rings. The van der Waals surface area contributed by atoms with E-state index in [9.17, 15) is 4.79 Å². The van der Waals surface area contributed by atoms with Crippen LogP contribution < -0.4 is 10.2 Å². The number of fused-ring (bicyclic) bond motifs is 1. The van der Waals surface area contributed by atoms with Gasteiger partial charge in [-0.2, -0.15) is 5.10 Å². The Morgan fingerprint density at radius 2 is 2.00 bits per heavy atom. The molecule has 2 N–H and O–H groups in total. The Morgan fingerprint density at radius 3 is 2.81 bits per heavy atom. The second-order valence-electron chi connectivity index (χ2n) is 7.32. The van der Waals surface area contributed by atoms with E-state index in [4.69, 9.17) is 4.11 Å². The molecular formula is C22H22N8O. The highest BCUT2D eigenvalue weighted by atomic mass is 16.1. The Balaban J connectivity index is 1.31. The summed E-state index contributed by atoms with van der Waals surface area (Å²) < 4.78 is 22.6. The molecule has 0 bridgehead atoms. The fraction of sp³-hybridized carbons (Fsp3) is 0.227. The van der Waals surface area contributed by atoms with Gasteiger partial charge >= 0.3 is 0 Å². The first kappa shape index (κ1) is 15.9. The Kier molecular flexibility index (Phi) is 4.17. The molecule has 1 amide bonds. The van der Waals surface area contributed by atoms with Gasteiger partial charge in [-0.15, -0.1) is 10.2 Å². The number of amides is 1. The number of nitrogens with one attached hydrogen (secondary N) is 2. The van der Waals surface area contributed by atoms with Crippen molar-refractivity contribution in [2.45, 2.75) is 0 Å². The Hall–Kier alpha value is -3.85. The summed E-state index contributed by atoms with van der Waals surface area (Å²) in [5.74, 6) is 0.642. The maximum absolute atomic E-state index is 12.9. The summed E-state index contributed by atoms with van der Waals surface area (Å²) in [6.45, 7) is -0.247. The van der Waals surface area contributed by atoms with Crippen LogP contribution in [0.15, 0.2) is 55.0 Å². The standard InChI is InChI=1S/C22H22N8O/c1-29-6-8-30(9-7-29)21-12-16(4-5-23-21)22(31)26-20-11-17-10-15(18-13-24-25-14-18)2-3-19(17)27-28-20/h2-5,10-14H,6-9H2,1H3,(H,24,25)(H,26,28,31)/i1D3. The average molecular weight is 417 g/mol.